The van der Waals surface area contributed by atoms with Crippen LogP contribution in [0.15, 0.2) is 60.9 Å². The van der Waals surface area contributed by atoms with E-state index in [-0.39, 0.29) is 12.7 Å². The number of morpholine rings is 1. The largest absolute Gasteiger partial charge is 0.493 e. The number of nitrogens with two attached hydrogens (primary N) is 1. The lowest BCUT2D eigenvalue weighted by atomic mass is 10.1. The van der Waals surface area contributed by atoms with Gasteiger partial charge < -0.3 is 25.3 Å². The predicted octanol–water partition coefficient (Wildman–Crippen LogP) is 2.67. The second-order valence-corrected chi connectivity index (χ2v) is 7.65. The van der Waals surface area contributed by atoms with Crippen LogP contribution in [-0.4, -0.2) is 54.2 Å². The van der Waals surface area contributed by atoms with E-state index in [9.17, 15) is 4.79 Å². The first kappa shape index (κ1) is 22.5. The number of benzene rings is 1. The van der Waals surface area contributed by atoms with Gasteiger partial charge in [-0.3, -0.25) is 14.7 Å². The number of anilines is 2. The first-order valence-electron chi connectivity index (χ1n) is 10.7. The van der Waals surface area contributed by atoms with Gasteiger partial charge in [0.15, 0.2) is 18.1 Å². The van der Waals surface area contributed by atoms with E-state index in [0.717, 1.165) is 42.4 Å². The van der Waals surface area contributed by atoms with Crippen molar-refractivity contribution in [3.63, 3.8) is 0 Å². The maximum absolute atomic E-state index is 11.0. The minimum Gasteiger partial charge on any atom is -0.493 e. The maximum atomic E-state index is 11.0. The molecule has 0 saturated carbocycles. The maximum Gasteiger partial charge on any atom is 0.255 e. The summed E-state index contributed by atoms with van der Waals surface area (Å²) >= 11 is 0. The zero-order valence-electron chi connectivity index (χ0n) is 18.4. The van der Waals surface area contributed by atoms with E-state index >= 15 is 0 Å². The lowest BCUT2D eigenvalue weighted by Gasteiger charge is -2.32. The molecule has 1 fully saturated rings. The number of ether oxygens (including phenoxy) is 3. The number of methoxy groups -OCH3 is 1. The molecule has 1 amide bonds. The number of hydrogen-bond donors (Lipinski definition) is 2. The number of carbonyl (C=O) groups is 1. The van der Waals surface area contributed by atoms with Crippen molar-refractivity contribution in [2.24, 2.45) is 5.73 Å². The van der Waals surface area contributed by atoms with Gasteiger partial charge in [0.2, 0.25) is 0 Å². The fourth-order valence-corrected chi connectivity index (χ4v) is 3.62. The quantitative estimate of drug-likeness (QED) is 0.513. The van der Waals surface area contributed by atoms with Crippen LogP contribution in [0.3, 0.4) is 0 Å². The van der Waals surface area contributed by atoms with Gasteiger partial charge in [-0.25, -0.2) is 4.98 Å². The van der Waals surface area contributed by atoms with Gasteiger partial charge in [-0.05, 0) is 42.0 Å². The monoisotopic (exact) mass is 449 g/mol. The average molecular weight is 450 g/mol. The Kier molecular flexibility index (Phi) is 7.33. The van der Waals surface area contributed by atoms with Crippen LogP contribution >= 0.6 is 0 Å². The molecule has 1 aliphatic heterocycles. The fourth-order valence-electron chi connectivity index (χ4n) is 3.62. The summed E-state index contributed by atoms with van der Waals surface area (Å²) in [5, 5.41) is 3.23. The van der Waals surface area contributed by atoms with E-state index in [1.54, 1.807) is 25.6 Å². The molecule has 3 heterocycles. The number of nitrogens with one attached hydrogen (secondary N) is 1. The van der Waals surface area contributed by atoms with Crippen LogP contribution in [-0.2, 0) is 16.1 Å². The molecule has 0 aliphatic carbocycles. The van der Waals surface area contributed by atoms with Gasteiger partial charge in [0.05, 0.1) is 31.3 Å². The molecule has 3 N–H and O–H groups in total. The summed E-state index contributed by atoms with van der Waals surface area (Å²) in [7, 11) is 1.57. The molecule has 1 atom stereocenters. The molecular weight excluding hydrogens is 422 g/mol. The van der Waals surface area contributed by atoms with Crippen molar-refractivity contribution in [3.8, 4) is 11.5 Å². The smallest absolute Gasteiger partial charge is 0.255 e. The molecule has 0 bridgehead atoms. The van der Waals surface area contributed by atoms with Crippen LogP contribution in [0, 0.1) is 0 Å². The average Bonchev–Trinajstić information content (AvgIpc) is 2.84. The van der Waals surface area contributed by atoms with Crippen molar-refractivity contribution >= 4 is 17.4 Å². The third-order valence-corrected chi connectivity index (χ3v) is 5.21. The van der Waals surface area contributed by atoms with E-state index in [1.807, 2.05) is 42.5 Å². The number of carbonyl (C=O) groups excluding carboxylic acids is 1. The van der Waals surface area contributed by atoms with Gasteiger partial charge in [-0.1, -0.05) is 12.1 Å². The minimum absolute atomic E-state index is 0.109. The SMILES string of the molecule is COc1cc(CN2CCO[C@@H](c3ccc(Nc4ccccn4)cn3)C2)ccc1OCC(N)=O. The number of hydrogen-bond acceptors (Lipinski definition) is 8. The highest BCUT2D eigenvalue weighted by atomic mass is 16.5. The zero-order valence-corrected chi connectivity index (χ0v) is 18.4. The Morgan fingerprint density at radius 1 is 1.21 bits per heavy atom. The zero-order chi connectivity index (χ0) is 23.0. The second-order valence-electron chi connectivity index (χ2n) is 7.65. The standard InChI is InChI=1S/C24H27N5O4/c1-31-21-12-17(5-8-20(21)33-16-23(25)30)14-29-10-11-32-22(15-29)19-7-6-18(13-27-19)28-24-4-2-3-9-26-24/h2-9,12-13,22H,10-11,14-16H2,1H3,(H2,25,30)(H,26,28)/t22-/m1/s1. The lowest BCUT2D eigenvalue weighted by molar-refractivity contribution is -0.119. The third kappa shape index (κ3) is 6.18. The molecule has 4 rings (SSSR count). The Bertz CT molecular complexity index is 1060. The van der Waals surface area contributed by atoms with Crippen molar-refractivity contribution in [1.29, 1.82) is 0 Å². The number of pyridine rings is 2. The number of rotatable bonds is 9. The number of nitrogens with zero attached hydrogens (tertiary/aromatic N) is 3. The molecule has 9 nitrogen and oxygen atoms in total. The van der Waals surface area contributed by atoms with Crippen molar-refractivity contribution in [3.05, 3.63) is 72.2 Å². The molecule has 9 heteroatoms. The highest BCUT2D eigenvalue weighted by molar-refractivity contribution is 5.75. The molecule has 3 aromatic rings. The van der Waals surface area contributed by atoms with Crippen LogP contribution < -0.4 is 20.5 Å². The van der Waals surface area contributed by atoms with E-state index < -0.39 is 5.91 Å². The summed E-state index contributed by atoms with van der Waals surface area (Å²) in [5.74, 6) is 1.29. The van der Waals surface area contributed by atoms with Gasteiger partial charge >= 0.3 is 0 Å². The third-order valence-electron chi connectivity index (χ3n) is 5.21. The van der Waals surface area contributed by atoms with Crippen LogP contribution in [0.1, 0.15) is 17.4 Å². The summed E-state index contributed by atoms with van der Waals surface area (Å²) in [4.78, 5) is 22.2. The van der Waals surface area contributed by atoms with E-state index in [1.165, 1.54) is 0 Å². The van der Waals surface area contributed by atoms with Crippen molar-refractivity contribution in [2.75, 3.05) is 38.7 Å². The van der Waals surface area contributed by atoms with Crippen LogP contribution in [0.4, 0.5) is 11.5 Å². The van der Waals surface area contributed by atoms with E-state index in [2.05, 4.69) is 20.2 Å². The molecule has 1 aliphatic rings. The van der Waals surface area contributed by atoms with Crippen molar-refractivity contribution in [1.82, 2.24) is 14.9 Å². The van der Waals surface area contributed by atoms with Crippen molar-refractivity contribution in [2.45, 2.75) is 12.6 Å². The molecular formula is C24H27N5O4. The Morgan fingerprint density at radius 2 is 2.12 bits per heavy atom. The van der Waals surface area contributed by atoms with Gasteiger partial charge in [0.1, 0.15) is 11.9 Å². The molecule has 1 aromatic carbocycles. The van der Waals surface area contributed by atoms with Gasteiger partial charge in [-0.15, -0.1) is 0 Å². The first-order valence-corrected chi connectivity index (χ1v) is 10.7. The highest BCUT2D eigenvalue weighted by Crippen LogP contribution is 2.29. The number of amides is 1. The number of primary amides is 1. The van der Waals surface area contributed by atoms with E-state index in [0.29, 0.717) is 18.1 Å². The van der Waals surface area contributed by atoms with Crippen LogP contribution in [0.25, 0.3) is 0 Å². The predicted molar refractivity (Wildman–Crippen MR) is 123 cm³/mol. The van der Waals surface area contributed by atoms with Gasteiger partial charge in [-0.2, -0.15) is 0 Å². The lowest BCUT2D eigenvalue weighted by Crippen LogP contribution is -2.38. The fraction of sp³-hybridized carbons (Fsp3) is 0.292. The second kappa shape index (κ2) is 10.8. The Hall–Kier alpha value is -3.69. The summed E-state index contributed by atoms with van der Waals surface area (Å²) < 4.78 is 16.8. The van der Waals surface area contributed by atoms with Crippen LogP contribution in [0.2, 0.25) is 0 Å². The molecule has 1 saturated heterocycles. The van der Waals surface area contributed by atoms with Gasteiger partial charge in [0.25, 0.3) is 5.91 Å². The topological polar surface area (TPSA) is 112 Å². The molecule has 0 radical (unpaired) electrons. The molecule has 2 aromatic heterocycles. The molecule has 33 heavy (non-hydrogen) atoms. The van der Waals surface area contributed by atoms with Crippen LogP contribution in [0.5, 0.6) is 11.5 Å². The molecule has 172 valence electrons. The Labute approximate surface area is 192 Å². The summed E-state index contributed by atoms with van der Waals surface area (Å²) in [6.07, 6.45) is 3.43. The Balaban J connectivity index is 1.37. The first-order chi connectivity index (χ1) is 16.1. The summed E-state index contributed by atoms with van der Waals surface area (Å²) in [6, 6.07) is 15.3. The normalized spacial score (nSPS) is 16.2. The minimum atomic E-state index is -0.533. The van der Waals surface area contributed by atoms with Crippen molar-refractivity contribution < 1.29 is 19.0 Å². The molecule has 0 spiro atoms. The summed E-state index contributed by atoms with van der Waals surface area (Å²) in [5.41, 5.74) is 7.98. The van der Waals surface area contributed by atoms with E-state index in [4.69, 9.17) is 19.9 Å². The highest BCUT2D eigenvalue weighted by Gasteiger charge is 2.23. The summed E-state index contributed by atoms with van der Waals surface area (Å²) in [6.45, 7) is 2.70. The van der Waals surface area contributed by atoms with Gasteiger partial charge in [0, 0.05) is 25.8 Å². The molecule has 0 unspecified atom stereocenters. The Morgan fingerprint density at radius 3 is 2.85 bits per heavy atom. The number of aromatic nitrogens is 2.